The summed E-state index contributed by atoms with van der Waals surface area (Å²) in [6, 6.07) is 7.30. The minimum absolute atomic E-state index is 0.200. The lowest BCUT2D eigenvalue weighted by Crippen LogP contribution is -2.43. The smallest absolute Gasteiger partial charge is 0.137 e. The number of benzene rings is 1. The van der Waals surface area contributed by atoms with Gasteiger partial charge in [-0.1, -0.05) is 6.07 Å². The van der Waals surface area contributed by atoms with Gasteiger partial charge in [0.2, 0.25) is 0 Å². The predicted octanol–water partition coefficient (Wildman–Crippen LogP) is 2.53. The van der Waals surface area contributed by atoms with Crippen LogP contribution in [0.15, 0.2) is 24.3 Å². The van der Waals surface area contributed by atoms with Gasteiger partial charge in [-0.3, -0.25) is 4.79 Å². The average Bonchev–Trinajstić information content (AvgIpc) is 2.51. The van der Waals surface area contributed by atoms with E-state index in [0.29, 0.717) is 30.7 Å². The van der Waals surface area contributed by atoms with Crippen LogP contribution in [-0.2, 0) is 4.79 Å². The first kappa shape index (κ1) is 9.82. The van der Waals surface area contributed by atoms with E-state index >= 15 is 0 Å². The van der Waals surface area contributed by atoms with Crippen molar-refractivity contribution in [1.82, 2.24) is 0 Å². The molecule has 0 spiro atoms. The Bertz CT molecular complexity index is 416. The number of carbonyl (C=O) groups is 1. The Morgan fingerprint density at radius 2 is 1.88 bits per heavy atom. The molecule has 1 aromatic rings. The molecule has 2 atom stereocenters. The maximum absolute atomic E-state index is 13.2. The van der Waals surface area contributed by atoms with Gasteiger partial charge in [0.25, 0.3) is 0 Å². The number of piperidine rings is 1. The third-order valence-electron chi connectivity index (χ3n) is 3.65. The summed E-state index contributed by atoms with van der Waals surface area (Å²) in [5, 5.41) is 0. The molecule has 0 amide bonds. The van der Waals surface area contributed by atoms with Crippen molar-refractivity contribution in [2.75, 3.05) is 4.90 Å². The van der Waals surface area contributed by atoms with E-state index in [1.54, 1.807) is 12.1 Å². The molecule has 2 nitrogen and oxygen atoms in total. The van der Waals surface area contributed by atoms with E-state index in [9.17, 15) is 9.18 Å². The van der Waals surface area contributed by atoms with E-state index in [1.807, 2.05) is 6.07 Å². The van der Waals surface area contributed by atoms with Crippen molar-refractivity contribution >= 4 is 11.5 Å². The Kier molecular flexibility index (Phi) is 2.20. The van der Waals surface area contributed by atoms with Gasteiger partial charge < -0.3 is 4.90 Å². The Morgan fingerprint density at radius 3 is 2.50 bits per heavy atom. The third-order valence-corrected chi connectivity index (χ3v) is 3.65. The molecule has 2 aliphatic heterocycles. The molecule has 0 radical (unpaired) electrons. The molecule has 2 fully saturated rings. The van der Waals surface area contributed by atoms with Gasteiger partial charge in [-0.15, -0.1) is 0 Å². The van der Waals surface area contributed by atoms with Crippen LogP contribution in [0.2, 0.25) is 0 Å². The highest BCUT2D eigenvalue weighted by Crippen LogP contribution is 2.37. The summed E-state index contributed by atoms with van der Waals surface area (Å²) < 4.78 is 13.2. The highest BCUT2D eigenvalue weighted by molar-refractivity contribution is 5.83. The Balaban J connectivity index is 1.94. The van der Waals surface area contributed by atoms with Gasteiger partial charge in [0.15, 0.2) is 0 Å². The Morgan fingerprint density at radius 1 is 1.19 bits per heavy atom. The molecule has 0 aromatic heterocycles. The summed E-state index contributed by atoms with van der Waals surface area (Å²) in [7, 11) is 0. The minimum atomic E-state index is -0.200. The molecule has 84 valence electrons. The van der Waals surface area contributed by atoms with Crippen molar-refractivity contribution in [2.24, 2.45) is 0 Å². The molecule has 1 aromatic carbocycles. The Hall–Kier alpha value is -1.38. The second-order valence-electron chi connectivity index (χ2n) is 4.72. The normalized spacial score (nSPS) is 28.6. The molecule has 0 aliphatic carbocycles. The highest BCUT2D eigenvalue weighted by Gasteiger charge is 2.40. The van der Waals surface area contributed by atoms with E-state index in [4.69, 9.17) is 0 Å². The highest BCUT2D eigenvalue weighted by atomic mass is 19.1. The zero-order chi connectivity index (χ0) is 11.1. The number of Topliss-reactive ketones (excluding diaryl/α,β-unsaturated/α-hetero) is 1. The predicted molar refractivity (Wildman–Crippen MR) is 59.9 cm³/mol. The van der Waals surface area contributed by atoms with Crippen molar-refractivity contribution < 1.29 is 9.18 Å². The van der Waals surface area contributed by atoms with Crippen LogP contribution >= 0.6 is 0 Å². The lowest BCUT2D eigenvalue weighted by molar-refractivity contribution is -0.120. The number of rotatable bonds is 1. The van der Waals surface area contributed by atoms with Crippen LogP contribution < -0.4 is 4.90 Å². The van der Waals surface area contributed by atoms with Gasteiger partial charge in [0.1, 0.15) is 11.6 Å². The first-order valence-corrected chi connectivity index (χ1v) is 5.79. The molecule has 2 bridgehead atoms. The zero-order valence-electron chi connectivity index (χ0n) is 9.03. The summed E-state index contributed by atoms with van der Waals surface area (Å²) in [5.74, 6) is 0.161. The molecule has 3 heteroatoms. The van der Waals surface area contributed by atoms with Crippen LogP contribution in [0.3, 0.4) is 0 Å². The second-order valence-corrected chi connectivity index (χ2v) is 4.72. The van der Waals surface area contributed by atoms with Crippen molar-refractivity contribution in [3.05, 3.63) is 30.1 Å². The molecule has 2 unspecified atom stereocenters. The molecular weight excluding hydrogens is 205 g/mol. The molecule has 0 N–H and O–H groups in total. The minimum Gasteiger partial charge on any atom is -0.365 e. The number of anilines is 1. The average molecular weight is 219 g/mol. The summed E-state index contributed by atoms with van der Waals surface area (Å²) in [4.78, 5) is 13.7. The standard InChI is InChI=1S/C13H14FNO/c14-9-2-1-3-10(6-9)15-11-4-5-12(15)8-13(16)7-11/h1-3,6,11-12H,4-5,7-8H2. The fraction of sp³-hybridized carbons (Fsp3) is 0.462. The lowest BCUT2D eigenvalue weighted by atomic mass is 10.0. The number of halogens is 1. The van der Waals surface area contributed by atoms with Gasteiger partial charge in [-0.05, 0) is 31.0 Å². The second kappa shape index (κ2) is 3.58. The maximum atomic E-state index is 13.2. The van der Waals surface area contributed by atoms with E-state index in [0.717, 1.165) is 18.5 Å². The number of hydrogen-bond donors (Lipinski definition) is 0. The topological polar surface area (TPSA) is 20.3 Å². The number of fused-ring (bicyclic) bond motifs is 2. The molecule has 2 saturated heterocycles. The van der Waals surface area contributed by atoms with Crippen LogP contribution in [0.25, 0.3) is 0 Å². The van der Waals surface area contributed by atoms with Crippen molar-refractivity contribution in [3.63, 3.8) is 0 Å². The summed E-state index contributed by atoms with van der Waals surface area (Å²) in [6.45, 7) is 0. The summed E-state index contributed by atoms with van der Waals surface area (Å²) in [6.07, 6.45) is 3.39. The molecule has 16 heavy (non-hydrogen) atoms. The fourth-order valence-corrected chi connectivity index (χ4v) is 3.03. The fourth-order valence-electron chi connectivity index (χ4n) is 3.03. The number of hydrogen-bond acceptors (Lipinski definition) is 2. The molecule has 3 rings (SSSR count). The quantitative estimate of drug-likeness (QED) is 0.723. The van der Waals surface area contributed by atoms with Gasteiger partial charge in [0, 0.05) is 30.6 Å². The van der Waals surface area contributed by atoms with Gasteiger partial charge in [-0.25, -0.2) is 4.39 Å². The van der Waals surface area contributed by atoms with E-state index in [2.05, 4.69) is 4.90 Å². The largest absolute Gasteiger partial charge is 0.365 e. The van der Waals surface area contributed by atoms with Crippen molar-refractivity contribution in [2.45, 2.75) is 37.8 Å². The van der Waals surface area contributed by atoms with Crippen molar-refractivity contribution in [3.8, 4) is 0 Å². The summed E-state index contributed by atoms with van der Waals surface area (Å²) in [5.41, 5.74) is 0.931. The first-order chi connectivity index (χ1) is 7.74. The summed E-state index contributed by atoms with van der Waals surface area (Å²) >= 11 is 0. The van der Waals surface area contributed by atoms with Crippen LogP contribution in [-0.4, -0.2) is 17.9 Å². The number of ketones is 1. The van der Waals surface area contributed by atoms with Crippen LogP contribution in [0.5, 0.6) is 0 Å². The monoisotopic (exact) mass is 219 g/mol. The van der Waals surface area contributed by atoms with E-state index < -0.39 is 0 Å². The number of nitrogens with zero attached hydrogens (tertiary/aromatic N) is 1. The van der Waals surface area contributed by atoms with Gasteiger partial charge >= 0.3 is 0 Å². The van der Waals surface area contributed by atoms with Gasteiger partial charge in [0.05, 0.1) is 0 Å². The Labute approximate surface area is 94.1 Å². The van der Waals surface area contributed by atoms with Crippen LogP contribution in [0.4, 0.5) is 10.1 Å². The molecule has 0 saturated carbocycles. The van der Waals surface area contributed by atoms with Crippen LogP contribution in [0, 0.1) is 5.82 Å². The number of carbonyl (C=O) groups excluding carboxylic acids is 1. The van der Waals surface area contributed by atoms with Crippen LogP contribution in [0.1, 0.15) is 25.7 Å². The van der Waals surface area contributed by atoms with Gasteiger partial charge in [-0.2, -0.15) is 0 Å². The first-order valence-electron chi connectivity index (χ1n) is 5.79. The third kappa shape index (κ3) is 1.51. The van der Waals surface area contributed by atoms with E-state index in [-0.39, 0.29) is 5.82 Å². The SMILES string of the molecule is O=C1CC2CCC(C1)N2c1cccc(F)c1. The zero-order valence-corrected chi connectivity index (χ0v) is 9.03. The molecule has 2 heterocycles. The van der Waals surface area contributed by atoms with Crippen molar-refractivity contribution in [1.29, 1.82) is 0 Å². The van der Waals surface area contributed by atoms with E-state index in [1.165, 1.54) is 6.07 Å². The lowest BCUT2D eigenvalue weighted by Gasteiger charge is -2.36. The molecular formula is C13H14FNO. The maximum Gasteiger partial charge on any atom is 0.137 e. The molecule has 2 aliphatic rings.